The summed E-state index contributed by atoms with van der Waals surface area (Å²) in [4.78, 5) is 20.2. The lowest BCUT2D eigenvalue weighted by atomic mass is 9.80. The maximum atomic E-state index is 10.9. The molecule has 2 N–H and O–H groups in total. The third-order valence-electron chi connectivity index (χ3n) is 3.53. The molecular formula is C11H16IN3O2. The second-order valence-corrected chi connectivity index (χ2v) is 5.85. The van der Waals surface area contributed by atoms with Crippen LogP contribution in [-0.4, -0.2) is 39.2 Å². The van der Waals surface area contributed by atoms with Crippen molar-refractivity contribution in [1.82, 2.24) is 14.9 Å². The number of piperidine rings is 1. The first-order valence-corrected chi connectivity index (χ1v) is 6.71. The molecule has 0 unspecified atom stereocenters. The Morgan fingerprint density at radius 2 is 2.12 bits per heavy atom. The topological polar surface area (TPSA) is 69.2 Å². The SMILES string of the molecule is Cc1[nH]c(C2(C)CCN(C(=O)O)CC2)nc1I. The van der Waals surface area contributed by atoms with Gasteiger partial charge in [-0.15, -0.1) is 0 Å². The number of likely N-dealkylation sites (tertiary alicyclic amines) is 1. The number of nitrogens with one attached hydrogen (secondary N) is 1. The molecule has 1 aliphatic heterocycles. The summed E-state index contributed by atoms with van der Waals surface area (Å²) in [6.45, 7) is 5.33. The number of rotatable bonds is 1. The van der Waals surface area contributed by atoms with Crippen molar-refractivity contribution < 1.29 is 9.90 Å². The summed E-state index contributed by atoms with van der Waals surface area (Å²) >= 11 is 2.22. The lowest BCUT2D eigenvalue weighted by Crippen LogP contribution is -2.43. The summed E-state index contributed by atoms with van der Waals surface area (Å²) in [5.41, 5.74) is 1.06. The maximum absolute atomic E-state index is 10.9. The van der Waals surface area contributed by atoms with Gasteiger partial charge in [-0.05, 0) is 42.4 Å². The number of aromatic amines is 1. The zero-order valence-corrected chi connectivity index (χ0v) is 12.1. The number of H-pyrrole nitrogens is 1. The highest BCUT2D eigenvalue weighted by Gasteiger charge is 2.35. The Hall–Kier alpha value is -0.790. The largest absolute Gasteiger partial charge is 0.465 e. The Morgan fingerprint density at radius 3 is 2.53 bits per heavy atom. The van der Waals surface area contributed by atoms with Crippen molar-refractivity contribution in [3.63, 3.8) is 0 Å². The highest BCUT2D eigenvalue weighted by Crippen LogP contribution is 2.33. The van der Waals surface area contributed by atoms with Crippen LogP contribution in [0, 0.1) is 10.6 Å². The third-order valence-corrected chi connectivity index (χ3v) is 4.58. The van der Waals surface area contributed by atoms with Gasteiger partial charge < -0.3 is 15.0 Å². The minimum atomic E-state index is -0.822. The van der Waals surface area contributed by atoms with Gasteiger partial charge in [0.15, 0.2) is 0 Å². The van der Waals surface area contributed by atoms with Crippen LogP contribution in [0.4, 0.5) is 4.79 Å². The van der Waals surface area contributed by atoms with E-state index in [0.29, 0.717) is 13.1 Å². The van der Waals surface area contributed by atoms with E-state index in [2.05, 4.69) is 39.5 Å². The Kier molecular flexibility index (Phi) is 3.33. The molecule has 1 aromatic heterocycles. The first-order chi connectivity index (χ1) is 7.92. The van der Waals surface area contributed by atoms with Crippen LogP contribution in [0.25, 0.3) is 0 Å². The molecule has 1 fully saturated rings. The molecule has 1 saturated heterocycles. The zero-order valence-electron chi connectivity index (χ0n) is 9.96. The molecule has 0 radical (unpaired) electrons. The van der Waals surface area contributed by atoms with Gasteiger partial charge in [0.2, 0.25) is 0 Å². The quantitative estimate of drug-likeness (QED) is 0.765. The van der Waals surface area contributed by atoms with Crippen LogP contribution in [0.2, 0.25) is 0 Å². The van der Waals surface area contributed by atoms with Crippen molar-refractivity contribution in [3.8, 4) is 0 Å². The molecule has 2 rings (SSSR count). The number of carbonyl (C=O) groups is 1. The fourth-order valence-corrected chi connectivity index (χ4v) is 2.53. The van der Waals surface area contributed by atoms with Crippen LogP contribution in [0.1, 0.15) is 31.3 Å². The van der Waals surface area contributed by atoms with E-state index in [9.17, 15) is 4.79 Å². The van der Waals surface area contributed by atoms with Gasteiger partial charge in [0.25, 0.3) is 0 Å². The zero-order chi connectivity index (χ0) is 12.6. The molecular weight excluding hydrogens is 333 g/mol. The molecule has 0 saturated carbocycles. The predicted octanol–water partition coefficient (Wildman–Crippen LogP) is 2.35. The third kappa shape index (κ3) is 2.41. The molecule has 0 atom stereocenters. The summed E-state index contributed by atoms with van der Waals surface area (Å²) in [5, 5.41) is 8.93. The number of amides is 1. The van der Waals surface area contributed by atoms with E-state index in [1.54, 1.807) is 0 Å². The molecule has 1 amide bonds. The molecule has 17 heavy (non-hydrogen) atoms. The van der Waals surface area contributed by atoms with E-state index >= 15 is 0 Å². The second-order valence-electron chi connectivity index (χ2n) is 4.83. The van der Waals surface area contributed by atoms with Crippen LogP contribution < -0.4 is 0 Å². The average Bonchev–Trinajstić information content (AvgIpc) is 2.60. The van der Waals surface area contributed by atoms with Gasteiger partial charge in [-0.2, -0.15) is 0 Å². The van der Waals surface area contributed by atoms with Gasteiger partial charge in [0.1, 0.15) is 9.53 Å². The van der Waals surface area contributed by atoms with E-state index in [1.807, 2.05) is 6.92 Å². The fraction of sp³-hybridized carbons (Fsp3) is 0.636. The standard InChI is InChI=1S/C11H16IN3O2/c1-7-8(12)14-9(13-7)11(2)3-5-15(6-4-11)10(16)17/h3-6H2,1-2H3,(H,13,14)(H,16,17). The van der Waals surface area contributed by atoms with E-state index in [4.69, 9.17) is 5.11 Å². The molecule has 94 valence electrons. The Bertz CT molecular complexity index is 416. The maximum Gasteiger partial charge on any atom is 0.407 e. The smallest absolute Gasteiger partial charge is 0.407 e. The normalized spacial score (nSPS) is 19.4. The predicted molar refractivity (Wildman–Crippen MR) is 72.2 cm³/mol. The first kappa shape index (κ1) is 12.7. The summed E-state index contributed by atoms with van der Waals surface area (Å²) < 4.78 is 1.000. The van der Waals surface area contributed by atoms with Crippen LogP contribution in [0.5, 0.6) is 0 Å². The van der Waals surface area contributed by atoms with Crippen molar-refractivity contribution in [3.05, 3.63) is 15.2 Å². The van der Waals surface area contributed by atoms with Crippen molar-refractivity contribution in [2.45, 2.75) is 32.1 Å². The van der Waals surface area contributed by atoms with Gasteiger partial charge in [-0.3, -0.25) is 0 Å². The number of carboxylic acid groups (broad SMARTS) is 1. The molecule has 1 aliphatic rings. The molecule has 1 aromatic rings. The molecule has 2 heterocycles. The van der Waals surface area contributed by atoms with Crippen molar-refractivity contribution >= 4 is 28.7 Å². The number of nitrogens with zero attached hydrogens (tertiary/aromatic N) is 2. The number of hydrogen-bond acceptors (Lipinski definition) is 2. The minimum absolute atomic E-state index is 0.0276. The van der Waals surface area contributed by atoms with Crippen LogP contribution >= 0.6 is 22.6 Å². The summed E-state index contributed by atoms with van der Waals surface area (Å²) in [7, 11) is 0. The molecule has 0 aliphatic carbocycles. The monoisotopic (exact) mass is 349 g/mol. The van der Waals surface area contributed by atoms with E-state index in [0.717, 1.165) is 28.1 Å². The highest BCUT2D eigenvalue weighted by atomic mass is 127. The van der Waals surface area contributed by atoms with Gasteiger partial charge in [-0.1, -0.05) is 6.92 Å². The second kappa shape index (κ2) is 4.47. The summed E-state index contributed by atoms with van der Waals surface area (Å²) in [6, 6.07) is 0. The van der Waals surface area contributed by atoms with Gasteiger partial charge in [0, 0.05) is 24.2 Å². The number of aromatic nitrogens is 2. The number of imidazole rings is 1. The highest BCUT2D eigenvalue weighted by molar-refractivity contribution is 14.1. The Labute approximate surface area is 114 Å². The molecule has 0 bridgehead atoms. The summed E-state index contributed by atoms with van der Waals surface area (Å²) in [5.74, 6) is 0.990. The molecule has 0 aromatic carbocycles. The van der Waals surface area contributed by atoms with Gasteiger partial charge in [-0.25, -0.2) is 9.78 Å². The molecule has 5 nitrogen and oxygen atoms in total. The van der Waals surface area contributed by atoms with E-state index in [-0.39, 0.29) is 5.41 Å². The lowest BCUT2D eigenvalue weighted by Gasteiger charge is -2.36. The number of halogens is 1. The van der Waals surface area contributed by atoms with E-state index in [1.165, 1.54) is 4.90 Å². The van der Waals surface area contributed by atoms with Gasteiger partial charge in [0.05, 0.1) is 0 Å². The van der Waals surface area contributed by atoms with Crippen LogP contribution in [0.15, 0.2) is 0 Å². The van der Waals surface area contributed by atoms with Crippen LogP contribution in [-0.2, 0) is 5.41 Å². The molecule has 0 spiro atoms. The molecule has 6 heteroatoms. The fourth-order valence-electron chi connectivity index (χ4n) is 2.15. The number of aryl methyl sites for hydroxylation is 1. The van der Waals surface area contributed by atoms with Gasteiger partial charge >= 0.3 is 6.09 Å². The minimum Gasteiger partial charge on any atom is -0.465 e. The Balaban J connectivity index is 2.14. The van der Waals surface area contributed by atoms with Crippen molar-refractivity contribution in [2.24, 2.45) is 0 Å². The van der Waals surface area contributed by atoms with Crippen molar-refractivity contribution in [1.29, 1.82) is 0 Å². The number of hydrogen-bond donors (Lipinski definition) is 2. The average molecular weight is 349 g/mol. The summed E-state index contributed by atoms with van der Waals surface area (Å²) in [6.07, 6.45) is 0.822. The van der Waals surface area contributed by atoms with Crippen LogP contribution in [0.3, 0.4) is 0 Å². The Morgan fingerprint density at radius 1 is 1.53 bits per heavy atom. The first-order valence-electron chi connectivity index (χ1n) is 5.63. The van der Waals surface area contributed by atoms with Crippen molar-refractivity contribution in [2.75, 3.05) is 13.1 Å². The van der Waals surface area contributed by atoms with E-state index < -0.39 is 6.09 Å². The lowest BCUT2D eigenvalue weighted by molar-refractivity contribution is 0.118.